The Balaban J connectivity index is 2.92. The van der Waals surface area contributed by atoms with Crippen LogP contribution in [0.4, 0.5) is 5.69 Å². The van der Waals surface area contributed by atoms with Gasteiger partial charge in [0.25, 0.3) is 0 Å². The van der Waals surface area contributed by atoms with Crippen molar-refractivity contribution in [2.75, 3.05) is 18.5 Å². The van der Waals surface area contributed by atoms with Gasteiger partial charge in [-0.1, -0.05) is 11.6 Å². The normalized spacial score (nSPS) is 12.2. The first-order chi connectivity index (χ1) is 7.41. The molecule has 0 spiro atoms. The highest BCUT2D eigenvalue weighted by Crippen LogP contribution is 2.22. The Morgan fingerprint density at radius 1 is 1.62 bits per heavy atom. The van der Waals surface area contributed by atoms with E-state index in [0.29, 0.717) is 17.1 Å². The van der Waals surface area contributed by atoms with Crippen LogP contribution >= 0.6 is 11.6 Å². The van der Waals surface area contributed by atoms with Gasteiger partial charge in [-0.05, 0) is 25.1 Å². The lowest BCUT2D eigenvalue weighted by atomic mass is 10.1. The second kappa shape index (κ2) is 5.18. The molecule has 1 aromatic carbocycles. The van der Waals surface area contributed by atoms with Crippen molar-refractivity contribution >= 4 is 23.1 Å². The summed E-state index contributed by atoms with van der Waals surface area (Å²) >= 11 is 6.00. The van der Waals surface area contributed by atoms with Gasteiger partial charge in [-0.25, -0.2) is 0 Å². The molecule has 16 heavy (non-hydrogen) atoms. The highest BCUT2D eigenvalue weighted by atomic mass is 35.5. The number of anilines is 1. The van der Waals surface area contributed by atoms with Crippen LogP contribution in [0.3, 0.4) is 0 Å². The van der Waals surface area contributed by atoms with Crippen molar-refractivity contribution in [3.63, 3.8) is 0 Å². The lowest BCUT2D eigenvalue weighted by Crippen LogP contribution is -2.26. The molecule has 4 N–H and O–H groups in total. The minimum Gasteiger partial charge on any atom is -0.392 e. The largest absolute Gasteiger partial charge is 0.392 e. The van der Waals surface area contributed by atoms with Gasteiger partial charge < -0.3 is 15.7 Å². The van der Waals surface area contributed by atoms with Crippen LogP contribution < -0.4 is 10.6 Å². The summed E-state index contributed by atoms with van der Waals surface area (Å²) in [4.78, 5) is 1.89. The molecule has 0 saturated heterocycles. The second-order valence-electron chi connectivity index (χ2n) is 3.81. The monoisotopic (exact) mass is 241 g/mol. The molecule has 0 aliphatic heterocycles. The average Bonchev–Trinajstić information content (AvgIpc) is 2.15. The molecule has 1 unspecified atom stereocenters. The first kappa shape index (κ1) is 12.8. The molecule has 0 radical (unpaired) electrons. The zero-order valence-corrected chi connectivity index (χ0v) is 10.1. The average molecular weight is 242 g/mol. The van der Waals surface area contributed by atoms with Crippen molar-refractivity contribution in [1.29, 1.82) is 5.41 Å². The van der Waals surface area contributed by atoms with Crippen LogP contribution in [-0.4, -0.2) is 30.6 Å². The molecule has 0 aliphatic rings. The summed E-state index contributed by atoms with van der Waals surface area (Å²) in [5.74, 6) is -0.0465. The fourth-order valence-electron chi connectivity index (χ4n) is 1.46. The fraction of sp³-hybridized carbons (Fsp3) is 0.364. The zero-order valence-electron chi connectivity index (χ0n) is 9.37. The molecular weight excluding hydrogens is 226 g/mol. The summed E-state index contributed by atoms with van der Waals surface area (Å²) in [6, 6.07) is 5.27. The van der Waals surface area contributed by atoms with Crippen LogP contribution in [0, 0.1) is 5.41 Å². The molecule has 0 saturated carbocycles. The van der Waals surface area contributed by atoms with Gasteiger partial charge in [0.1, 0.15) is 5.84 Å². The Labute approximate surface area is 100 Å². The van der Waals surface area contributed by atoms with E-state index in [1.54, 1.807) is 19.1 Å². The number of hydrogen-bond donors (Lipinski definition) is 3. The highest BCUT2D eigenvalue weighted by Gasteiger charge is 2.08. The Morgan fingerprint density at radius 2 is 2.25 bits per heavy atom. The predicted molar refractivity (Wildman–Crippen MR) is 67.4 cm³/mol. The summed E-state index contributed by atoms with van der Waals surface area (Å²) in [5.41, 5.74) is 6.78. The van der Waals surface area contributed by atoms with Crippen molar-refractivity contribution < 1.29 is 5.11 Å². The number of amidine groups is 1. The maximum absolute atomic E-state index is 9.27. The van der Waals surface area contributed by atoms with E-state index in [9.17, 15) is 5.11 Å². The van der Waals surface area contributed by atoms with Crippen LogP contribution in [-0.2, 0) is 0 Å². The topological polar surface area (TPSA) is 73.3 Å². The summed E-state index contributed by atoms with van der Waals surface area (Å²) in [5, 5.41) is 17.0. The van der Waals surface area contributed by atoms with Gasteiger partial charge in [-0.3, -0.25) is 5.41 Å². The van der Waals surface area contributed by atoms with E-state index in [2.05, 4.69) is 0 Å². The third-order valence-electron chi connectivity index (χ3n) is 2.22. The Hall–Kier alpha value is -1.26. The fourth-order valence-corrected chi connectivity index (χ4v) is 1.74. The van der Waals surface area contributed by atoms with Gasteiger partial charge in [0, 0.05) is 24.8 Å². The molecule has 88 valence electrons. The van der Waals surface area contributed by atoms with Crippen LogP contribution in [0.25, 0.3) is 0 Å². The van der Waals surface area contributed by atoms with Gasteiger partial charge in [-0.2, -0.15) is 0 Å². The smallest absolute Gasteiger partial charge is 0.124 e. The molecule has 0 aliphatic carbocycles. The van der Waals surface area contributed by atoms with E-state index in [-0.39, 0.29) is 5.84 Å². The number of nitrogens with one attached hydrogen (secondary N) is 1. The molecule has 1 aromatic rings. The molecular formula is C11H16ClN3O. The van der Waals surface area contributed by atoms with Gasteiger partial charge in [-0.15, -0.1) is 0 Å². The summed E-state index contributed by atoms with van der Waals surface area (Å²) in [6.07, 6.45) is -0.406. The minimum absolute atomic E-state index is 0.0465. The number of nitrogens with two attached hydrogens (primary N) is 1. The number of aliphatic hydroxyl groups excluding tert-OH is 1. The van der Waals surface area contributed by atoms with Crippen molar-refractivity contribution in [3.8, 4) is 0 Å². The number of benzene rings is 1. The van der Waals surface area contributed by atoms with Crippen molar-refractivity contribution in [2.45, 2.75) is 13.0 Å². The molecule has 5 heteroatoms. The molecule has 1 rings (SSSR count). The van der Waals surface area contributed by atoms with Crippen molar-refractivity contribution in [1.82, 2.24) is 0 Å². The number of nitrogens with zero attached hydrogens (tertiary/aromatic N) is 1. The maximum Gasteiger partial charge on any atom is 0.124 e. The second-order valence-corrected chi connectivity index (χ2v) is 4.21. The first-order valence-electron chi connectivity index (χ1n) is 4.95. The van der Waals surface area contributed by atoms with Crippen molar-refractivity contribution in [2.24, 2.45) is 5.73 Å². The number of likely N-dealkylation sites (N-methyl/N-ethyl adjacent to an activating group) is 1. The van der Waals surface area contributed by atoms with E-state index in [1.165, 1.54) is 0 Å². The molecule has 1 atom stereocenters. The van der Waals surface area contributed by atoms with Crippen LogP contribution in [0.1, 0.15) is 12.5 Å². The Morgan fingerprint density at radius 3 is 2.69 bits per heavy atom. The zero-order chi connectivity index (χ0) is 12.3. The van der Waals surface area contributed by atoms with Crippen LogP contribution in [0.15, 0.2) is 18.2 Å². The van der Waals surface area contributed by atoms with Crippen LogP contribution in [0.5, 0.6) is 0 Å². The number of halogens is 1. The molecule has 0 amide bonds. The summed E-state index contributed by atoms with van der Waals surface area (Å²) < 4.78 is 0. The molecule has 4 nitrogen and oxygen atoms in total. The summed E-state index contributed by atoms with van der Waals surface area (Å²) in [6.45, 7) is 2.25. The lowest BCUT2D eigenvalue weighted by molar-refractivity contribution is 0.201. The highest BCUT2D eigenvalue weighted by molar-refractivity contribution is 6.34. The molecule has 0 heterocycles. The van der Waals surface area contributed by atoms with Gasteiger partial charge in [0.15, 0.2) is 0 Å². The van der Waals surface area contributed by atoms with Crippen molar-refractivity contribution in [3.05, 3.63) is 28.8 Å². The maximum atomic E-state index is 9.27. The third-order valence-corrected chi connectivity index (χ3v) is 2.53. The van der Waals surface area contributed by atoms with E-state index in [4.69, 9.17) is 22.7 Å². The number of rotatable bonds is 4. The standard InChI is InChI=1S/C11H16ClN3O/c1-7(16)6-15(2)8-3-4-9(11(13)14)10(12)5-8/h3-5,7,16H,6H2,1-2H3,(H3,13,14). The van der Waals surface area contributed by atoms with E-state index >= 15 is 0 Å². The lowest BCUT2D eigenvalue weighted by Gasteiger charge is -2.21. The predicted octanol–water partition coefficient (Wildman–Crippen LogP) is 1.44. The Kier molecular flexibility index (Phi) is 4.15. The van der Waals surface area contributed by atoms with Gasteiger partial charge >= 0.3 is 0 Å². The molecule has 0 aromatic heterocycles. The van der Waals surface area contributed by atoms with Crippen LogP contribution in [0.2, 0.25) is 5.02 Å². The van der Waals surface area contributed by atoms with Gasteiger partial charge in [0.05, 0.1) is 11.1 Å². The quantitative estimate of drug-likeness (QED) is 0.552. The summed E-state index contributed by atoms with van der Waals surface area (Å²) in [7, 11) is 1.87. The van der Waals surface area contributed by atoms with E-state index < -0.39 is 6.10 Å². The first-order valence-corrected chi connectivity index (χ1v) is 5.32. The molecule has 0 bridgehead atoms. The number of aliphatic hydroxyl groups is 1. The SMILES string of the molecule is CC(O)CN(C)c1ccc(C(=N)N)c(Cl)c1. The molecule has 0 fully saturated rings. The minimum atomic E-state index is -0.406. The number of hydrogen-bond acceptors (Lipinski definition) is 3. The third kappa shape index (κ3) is 3.12. The van der Waals surface area contributed by atoms with E-state index in [0.717, 1.165) is 5.69 Å². The van der Waals surface area contributed by atoms with E-state index in [1.807, 2.05) is 18.0 Å². The van der Waals surface area contributed by atoms with Gasteiger partial charge in [0.2, 0.25) is 0 Å². The number of nitrogen functional groups attached to an aromatic ring is 1. The Bertz CT molecular complexity index is 393.